The Morgan fingerprint density at radius 2 is 2.00 bits per heavy atom. The van der Waals surface area contributed by atoms with E-state index in [9.17, 15) is 4.79 Å². The SMILES string of the molecule is CN1[CH]C(c2ccccc2)CC1=O. The summed E-state index contributed by atoms with van der Waals surface area (Å²) in [4.78, 5) is 12.9. The summed E-state index contributed by atoms with van der Waals surface area (Å²) in [5.41, 5.74) is 1.22. The fourth-order valence-electron chi connectivity index (χ4n) is 1.64. The molecule has 1 aliphatic heterocycles. The molecule has 2 rings (SSSR count). The molecule has 0 spiro atoms. The van der Waals surface area contributed by atoms with Gasteiger partial charge in [0.25, 0.3) is 0 Å². The number of benzene rings is 1. The molecule has 0 bridgehead atoms. The second-order valence-corrected chi connectivity index (χ2v) is 3.38. The van der Waals surface area contributed by atoms with E-state index in [-0.39, 0.29) is 11.8 Å². The molecule has 1 aromatic rings. The first-order valence-corrected chi connectivity index (χ1v) is 4.43. The van der Waals surface area contributed by atoms with Gasteiger partial charge in [-0.15, -0.1) is 0 Å². The Balaban J connectivity index is 2.17. The molecule has 1 unspecified atom stereocenters. The van der Waals surface area contributed by atoms with E-state index in [1.165, 1.54) is 5.56 Å². The standard InChI is InChI=1S/C11H12NO/c1-12-8-10(7-11(12)13)9-5-3-2-4-6-9/h2-6,8,10H,7H2,1H3. The van der Waals surface area contributed by atoms with E-state index in [1.54, 1.807) is 4.90 Å². The van der Waals surface area contributed by atoms with E-state index in [4.69, 9.17) is 0 Å². The summed E-state index contributed by atoms with van der Waals surface area (Å²) in [6.07, 6.45) is 0.612. The maximum absolute atomic E-state index is 11.3. The van der Waals surface area contributed by atoms with Crippen molar-refractivity contribution in [2.24, 2.45) is 0 Å². The Labute approximate surface area is 78.2 Å². The molecule has 2 heteroatoms. The molecule has 0 N–H and O–H groups in total. The molecule has 2 nitrogen and oxygen atoms in total. The Hall–Kier alpha value is -1.31. The number of hydrogen-bond acceptors (Lipinski definition) is 1. The third-order valence-electron chi connectivity index (χ3n) is 2.42. The van der Waals surface area contributed by atoms with Gasteiger partial charge >= 0.3 is 0 Å². The van der Waals surface area contributed by atoms with Crippen LogP contribution in [0.2, 0.25) is 0 Å². The van der Waals surface area contributed by atoms with Crippen LogP contribution in [0.15, 0.2) is 30.3 Å². The predicted octanol–water partition coefficient (Wildman–Crippen LogP) is 1.79. The average molecular weight is 174 g/mol. The summed E-state index contributed by atoms with van der Waals surface area (Å²) >= 11 is 0. The zero-order valence-corrected chi connectivity index (χ0v) is 7.60. The van der Waals surface area contributed by atoms with E-state index in [0.717, 1.165) is 0 Å². The molecule has 1 heterocycles. The van der Waals surface area contributed by atoms with Crippen LogP contribution in [0.4, 0.5) is 0 Å². The molecule has 1 aliphatic rings. The van der Waals surface area contributed by atoms with Crippen LogP contribution >= 0.6 is 0 Å². The van der Waals surface area contributed by atoms with Crippen LogP contribution in [0.1, 0.15) is 17.9 Å². The highest BCUT2D eigenvalue weighted by Crippen LogP contribution is 2.29. The summed E-state index contributed by atoms with van der Waals surface area (Å²) in [5.74, 6) is 0.479. The van der Waals surface area contributed by atoms with Gasteiger partial charge in [0.2, 0.25) is 5.91 Å². The number of likely N-dealkylation sites (tertiary alicyclic amines) is 1. The first kappa shape index (κ1) is 8.30. The number of rotatable bonds is 1. The van der Waals surface area contributed by atoms with E-state index < -0.39 is 0 Å². The van der Waals surface area contributed by atoms with E-state index in [2.05, 4.69) is 12.1 Å². The largest absolute Gasteiger partial charge is 0.340 e. The van der Waals surface area contributed by atoms with Crippen LogP contribution in [0.25, 0.3) is 0 Å². The first-order chi connectivity index (χ1) is 6.27. The molecule has 1 fully saturated rings. The Bertz CT molecular complexity index is 307. The lowest BCUT2D eigenvalue weighted by molar-refractivity contribution is -0.125. The fraction of sp³-hybridized carbons (Fsp3) is 0.273. The van der Waals surface area contributed by atoms with Crippen molar-refractivity contribution in [3.05, 3.63) is 42.4 Å². The highest BCUT2D eigenvalue weighted by atomic mass is 16.2. The Kier molecular flexibility index (Phi) is 2.05. The van der Waals surface area contributed by atoms with Crippen molar-refractivity contribution in [1.29, 1.82) is 0 Å². The summed E-state index contributed by atoms with van der Waals surface area (Å²) in [7, 11) is 1.81. The monoisotopic (exact) mass is 174 g/mol. The van der Waals surface area contributed by atoms with Gasteiger partial charge in [-0.05, 0) is 5.56 Å². The third kappa shape index (κ3) is 1.57. The minimum absolute atomic E-state index is 0.203. The number of hydrogen-bond donors (Lipinski definition) is 0. The Morgan fingerprint density at radius 3 is 2.54 bits per heavy atom. The van der Waals surface area contributed by atoms with Crippen LogP contribution in [-0.2, 0) is 4.79 Å². The molecular formula is C11H12NO. The number of nitrogens with zero attached hydrogens (tertiary/aromatic N) is 1. The minimum atomic E-state index is 0.203. The molecule has 1 saturated heterocycles. The number of amides is 1. The van der Waals surface area contributed by atoms with Crippen molar-refractivity contribution >= 4 is 5.91 Å². The van der Waals surface area contributed by atoms with Crippen molar-refractivity contribution in [1.82, 2.24) is 4.90 Å². The minimum Gasteiger partial charge on any atom is -0.340 e. The average Bonchev–Trinajstić information content (AvgIpc) is 2.49. The van der Waals surface area contributed by atoms with Crippen molar-refractivity contribution in [3.63, 3.8) is 0 Å². The molecular weight excluding hydrogens is 162 g/mol. The van der Waals surface area contributed by atoms with Crippen LogP contribution < -0.4 is 0 Å². The summed E-state index contributed by atoms with van der Waals surface area (Å²) in [6.45, 7) is 1.98. The van der Waals surface area contributed by atoms with Crippen molar-refractivity contribution in [2.45, 2.75) is 12.3 Å². The van der Waals surface area contributed by atoms with E-state index in [1.807, 2.05) is 31.8 Å². The smallest absolute Gasteiger partial charge is 0.223 e. The molecule has 13 heavy (non-hydrogen) atoms. The van der Waals surface area contributed by atoms with Crippen molar-refractivity contribution in [2.75, 3.05) is 7.05 Å². The van der Waals surface area contributed by atoms with Gasteiger partial charge in [0.1, 0.15) is 0 Å². The quantitative estimate of drug-likeness (QED) is 0.635. The van der Waals surface area contributed by atoms with Gasteiger partial charge in [0.15, 0.2) is 0 Å². The fourth-order valence-corrected chi connectivity index (χ4v) is 1.64. The molecule has 67 valence electrons. The molecule has 1 atom stereocenters. The van der Waals surface area contributed by atoms with Gasteiger partial charge in [0.05, 0.1) is 6.54 Å². The molecule has 1 amide bonds. The first-order valence-electron chi connectivity index (χ1n) is 4.43. The van der Waals surface area contributed by atoms with E-state index >= 15 is 0 Å². The maximum Gasteiger partial charge on any atom is 0.223 e. The lowest BCUT2D eigenvalue weighted by atomic mass is 9.99. The van der Waals surface area contributed by atoms with Gasteiger partial charge in [-0.25, -0.2) is 0 Å². The van der Waals surface area contributed by atoms with Crippen LogP contribution in [-0.4, -0.2) is 17.9 Å². The lowest BCUT2D eigenvalue weighted by Gasteiger charge is -2.08. The second kappa shape index (κ2) is 3.21. The van der Waals surface area contributed by atoms with Gasteiger partial charge in [-0.3, -0.25) is 4.79 Å². The van der Waals surface area contributed by atoms with Crippen molar-refractivity contribution < 1.29 is 4.79 Å². The Morgan fingerprint density at radius 1 is 1.31 bits per heavy atom. The van der Waals surface area contributed by atoms with Crippen molar-refractivity contribution in [3.8, 4) is 0 Å². The molecule has 0 aromatic heterocycles. The molecule has 1 aromatic carbocycles. The second-order valence-electron chi connectivity index (χ2n) is 3.38. The maximum atomic E-state index is 11.3. The molecule has 0 aliphatic carbocycles. The van der Waals surface area contributed by atoms with E-state index in [0.29, 0.717) is 6.42 Å². The zero-order chi connectivity index (χ0) is 9.26. The van der Waals surface area contributed by atoms with Gasteiger partial charge < -0.3 is 4.90 Å². The van der Waals surface area contributed by atoms with Gasteiger partial charge in [-0.2, -0.15) is 0 Å². The highest BCUT2D eigenvalue weighted by Gasteiger charge is 2.27. The summed E-state index contributed by atoms with van der Waals surface area (Å²) < 4.78 is 0. The third-order valence-corrected chi connectivity index (χ3v) is 2.42. The predicted molar refractivity (Wildman–Crippen MR) is 50.9 cm³/mol. The van der Waals surface area contributed by atoms with Crippen LogP contribution in [0.5, 0.6) is 0 Å². The van der Waals surface area contributed by atoms with Gasteiger partial charge in [0, 0.05) is 19.4 Å². The van der Waals surface area contributed by atoms with Crippen LogP contribution in [0, 0.1) is 6.54 Å². The molecule has 0 saturated carbocycles. The number of carbonyl (C=O) groups is 1. The van der Waals surface area contributed by atoms with Gasteiger partial charge in [-0.1, -0.05) is 30.3 Å². The number of carbonyl (C=O) groups excluding carboxylic acids is 1. The summed E-state index contributed by atoms with van der Waals surface area (Å²) in [5, 5.41) is 0. The lowest BCUT2D eigenvalue weighted by Crippen LogP contribution is -2.14. The number of likely N-dealkylation sites (N-methyl/N-ethyl adjacent to an activating group) is 1. The van der Waals surface area contributed by atoms with Crippen LogP contribution in [0.3, 0.4) is 0 Å². The normalized spacial score (nSPS) is 22.4. The topological polar surface area (TPSA) is 20.3 Å². The zero-order valence-electron chi connectivity index (χ0n) is 7.60. The summed E-state index contributed by atoms with van der Waals surface area (Å²) in [6, 6.07) is 10.1. The molecule has 1 radical (unpaired) electrons. The highest BCUT2D eigenvalue weighted by molar-refractivity contribution is 5.80.